The van der Waals surface area contributed by atoms with E-state index in [1.807, 2.05) is 0 Å². The average molecular weight is 381 g/mol. The molecule has 1 fully saturated rings. The third kappa shape index (κ3) is 5.20. The second-order valence-corrected chi connectivity index (χ2v) is 7.35. The lowest BCUT2D eigenvalue weighted by molar-refractivity contribution is 0.0484. The highest BCUT2D eigenvalue weighted by Crippen LogP contribution is 2.27. The maximum Gasteiger partial charge on any atom is 0.374 e. The van der Waals surface area contributed by atoms with Crippen molar-refractivity contribution in [3.8, 4) is 0 Å². The quantitative estimate of drug-likeness (QED) is 0.700. The fourth-order valence-electron chi connectivity index (χ4n) is 2.91. The molecule has 1 heterocycles. The summed E-state index contributed by atoms with van der Waals surface area (Å²) < 4.78 is 37.4. The Balaban J connectivity index is 0.00000288. The summed E-state index contributed by atoms with van der Waals surface area (Å²) in [5.74, 6) is -0.575. The van der Waals surface area contributed by atoms with Crippen molar-refractivity contribution in [2.75, 3.05) is 13.2 Å². The van der Waals surface area contributed by atoms with Gasteiger partial charge in [0.1, 0.15) is 0 Å². The third-order valence-electron chi connectivity index (χ3n) is 4.10. The first kappa shape index (κ1) is 21.0. The van der Waals surface area contributed by atoms with E-state index < -0.39 is 16.0 Å². The minimum absolute atomic E-state index is 0. The van der Waals surface area contributed by atoms with Gasteiger partial charge in [-0.2, -0.15) is 0 Å². The fourth-order valence-corrected chi connectivity index (χ4v) is 4.16. The van der Waals surface area contributed by atoms with Crippen LogP contribution in [0.4, 0.5) is 0 Å². The molecule has 3 N–H and O–H groups in total. The van der Waals surface area contributed by atoms with Gasteiger partial charge in [0.05, 0.1) is 6.61 Å². The zero-order chi connectivity index (χ0) is 16.9. The van der Waals surface area contributed by atoms with Gasteiger partial charge in [0.25, 0.3) is 10.0 Å². The van der Waals surface area contributed by atoms with Crippen molar-refractivity contribution >= 4 is 28.4 Å². The molecule has 1 aliphatic rings. The summed E-state index contributed by atoms with van der Waals surface area (Å²) in [7, 11) is -3.85. The summed E-state index contributed by atoms with van der Waals surface area (Å²) in [4.78, 5) is 11.6. The highest BCUT2D eigenvalue weighted by Gasteiger charge is 2.29. The fraction of sp³-hybridized carbons (Fsp3) is 0.667. The van der Waals surface area contributed by atoms with E-state index in [4.69, 9.17) is 14.9 Å². The van der Waals surface area contributed by atoms with E-state index in [1.165, 1.54) is 18.6 Å². The molecule has 0 aliphatic heterocycles. The van der Waals surface area contributed by atoms with Crippen molar-refractivity contribution < 1.29 is 22.4 Å². The number of rotatable bonds is 7. The van der Waals surface area contributed by atoms with Gasteiger partial charge in [-0.3, -0.25) is 0 Å². The molecule has 0 radical (unpaired) electrons. The summed E-state index contributed by atoms with van der Waals surface area (Å²) in [5.41, 5.74) is 5.75. The molecule has 1 atom stereocenters. The molecule has 0 saturated heterocycles. The lowest BCUT2D eigenvalue weighted by atomic mass is 9.84. The van der Waals surface area contributed by atoms with Crippen LogP contribution in [-0.2, 0) is 14.8 Å². The second-order valence-electron chi connectivity index (χ2n) is 5.70. The van der Waals surface area contributed by atoms with Gasteiger partial charge < -0.3 is 14.9 Å². The van der Waals surface area contributed by atoms with Gasteiger partial charge in [-0.05, 0) is 37.8 Å². The number of hydrogen-bond acceptors (Lipinski definition) is 6. The van der Waals surface area contributed by atoms with Crippen molar-refractivity contribution in [1.29, 1.82) is 0 Å². The maximum atomic E-state index is 12.4. The standard InChI is InChI=1S/C15H24N2O5S.ClH/c1-2-21-15(18)13-8-9-14(22-13)23(19,20)17-12(10-16)11-6-4-3-5-7-11;/h8-9,11-12,17H,2-7,10,16H2,1H3;1H. The summed E-state index contributed by atoms with van der Waals surface area (Å²) in [6.45, 7) is 2.09. The molecule has 9 heteroatoms. The van der Waals surface area contributed by atoms with Gasteiger partial charge in [0.15, 0.2) is 0 Å². The number of nitrogens with two attached hydrogens (primary N) is 1. The van der Waals surface area contributed by atoms with E-state index >= 15 is 0 Å². The molecule has 1 aliphatic carbocycles. The number of sulfonamides is 1. The Kier molecular flexibility index (Phi) is 8.21. The molecule has 2 rings (SSSR count). The van der Waals surface area contributed by atoms with E-state index in [2.05, 4.69) is 4.72 Å². The predicted molar refractivity (Wildman–Crippen MR) is 91.7 cm³/mol. The number of nitrogens with one attached hydrogen (secondary N) is 1. The number of carbonyl (C=O) groups excluding carboxylic acids is 1. The second kappa shape index (κ2) is 9.41. The molecule has 7 nitrogen and oxygen atoms in total. The minimum Gasteiger partial charge on any atom is -0.460 e. The topological polar surface area (TPSA) is 112 Å². The van der Waals surface area contributed by atoms with Gasteiger partial charge in [0.2, 0.25) is 10.9 Å². The Morgan fingerprint density at radius 1 is 1.38 bits per heavy atom. The van der Waals surface area contributed by atoms with Crippen LogP contribution in [0.5, 0.6) is 0 Å². The average Bonchev–Trinajstić information content (AvgIpc) is 3.05. The van der Waals surface area contributed by atoms with Crippen molar-refractivity contribution in [1.82, 2.24) is 4.72 Å². The summed E-state index contributed by atoms with van der Waals surface area (Å²) in [6, 6.07) is 2.23. The van der Waals surface area contributed by atoms with Crippen molar-refractivity contribution in [3.05, 3.63) is 17.9 Å². The number of esters is 1. The number of halogens is 1. The number of furan rings is 1. The Morgan fingerprint density at radius 2 is 2.04 bits per heavy atom. The van der Waals surface area contributed by atoms with E-state index in [0.717, 1.165) is 25.7 Å². The monoisotopic (exact) mass is 380 g/mol. The predicted octanol–water partition coefficient (Wildman–Crippen LogP) is 2.06. The van der Waals surface area contributed by atoms with E-state index in [1.54, 1.807) is 6.92 Å². The molecule has 1 unspecified atom stereocenters. The summed E-state index contributed by atoms with van der Waals surface area (Å²) in [5, 5.41) is -0.296. The van der Waals surface area contributed by atoms with Gasteiger partial charge in [0, 0.05) is 12.6 Å². The summed E-state index contributed by atoms with van der Waals surface area (Å²) in [6.07, 6.45) is 5.31. The molecule has 1 saturated carbocycles. The largest absolute Gasteiger partial charge is 0.460 e. The first-order chi connectivity index (χ1) is 11.0. The van der Waals surface area contributed by atoms with E-state index in [9.17, 15) is 13.2 Å². The first-order valence-electron chi connectivity index (χ1n) is 7.97. The molecule has 1 aromatic heterocycles. The van der Waals surface area contributed by atoms with Gasteiger partial charge in [-0.1, -0.05) is 19.3 Å². The Hall–Kier alpha value is -1.09. The first-order valence-corrected chi connectivity index (χ1v) is 9.45. The zero-order valence-electron chi connectivity index (χ0n) is 13.7. The highest BCUT2D eigenvalue weighted by molar-refractivity contribution is 7.89. The Morgan fingerprint density at radius 3 is 2.62 bits per heavy atom. The lowest BCUT2D eigenvalue weighted by Crippen LogP contribution is -2.45. The zero-order valence-corrected chi connectivity index (χ0v) is 15.3. The SMILES string of the molecule is CCOC(=O)c1ccc(S(=O)(=O)NC(CN)C2CCCCC2)o1.Cl. The molecular formula is C15H25ClN2O5S. The lowest BCUT2D eigenvalue weighted by Gasteiger charge is -2.29. The normalized spacial score (nSPS) is 17.1. The highest BCUT2D eigenvalue weighted by atomic mass is 35.5. The molecule has 0 bridgehead atoms. The number of ether oxygens (including phenoxy) is 1. The van der Waals surface area contributed by atoms with Crippen LogP contribution in [0.2, 0.25) is 0 Å². The van der Waals surface area contributed by atoms with Crippen LogP contribution >= 0.6 is 12.4 Å². The molecule has 0 amide bonds. The van der Waals surface area contributed by atoms with Crippen LogP contribution in [0.25, 0.3) is 0 Å². The molecule has 1 aromatic rings. The van der Waals surface area contributed by atoms with Crippen molar-refractivity contribution in [2.45, 2.75) is 50.2 Å². The minimum atomic E-state index is -3.85. The maximum absolute atomic E-state index is 12.4. The van der Waals surface area contributed by atoms with Crippen LogP contribution in [-0.4, -0.2) is 33.6 Å². The van der Waals surface area contributed by atoms with Crippen LogP contribution in [0.3, 0.4) is 0 Å². The van der Waals surface area contributed by atoms with Crippen LogP contribution in [0.15, 0.2) is 21.6 Å². The van der Waals surface area contributed by atoms with Crippen molar-refractivity contribution in [2.24, 2.45) is 11.7 Å². The van der Waals surface area contributed by atoms with Gasteiger partial charge in [-0.25, -0.2) is 17.9 Å². The van der Waals surface area contributed by atoms with E-state index in [0.29, 0.717) is 0 Å². The molecular weight excluding hydrogens is 356 g/mol. The molecule has 0 aromatic carbocycles. The third-order valence-corrected chi connectivity index (χ3v) is 5.46. The molecule has 138 valence electrons. The molecule has 0 spiro atoms. The van der Waals surface area contributed by atoms with Gasteiger partial charge in [-0.15, -0.1) is 12.4 Å². The van der Waals surface area contributed by atoms with Crippen LogP contribution in [0, 0.1) is 5.92 Å². The number of carbonyl (C=O) groups is 1. The summed E-state index contributed by atoms with van der Waals surface area (Å²) >= 11 is 0. The Bertz CT molecular complexity index is 626. The van der Waals surface area contributed by atoms with Crippen molar-refractivity contribution in [3.63, 3.8) is 0 Å². The smallest absolute Gasteiger partial charge is 0.374 e. The van der Waals surface area contributed by atoms with Gasteiger partial charge >= 0.3 is 5.97 Å². The Labute approximate surface area is 148 Å². The van der Waals surface area contributed by atoms with E-state index in [-0.39, 0.29) is 48.4 Å². The van der Waals surface area contributed by atoms with Crippen LogP contribution in [0.1, 0.15) is 49.6 Å². The number of hydrogen-bond donors (Lipinski definition) is 2. The molecule has 24 heavy (non-hydrogen) atoms. The van der Waals surface area contributed by atoms with Crippen LogP contribution < -0.4 is 10.5 Å².